The monoisotopic (exact) mass is 463 g/mol. The first kappa shape index (κ1) is 23.1. The Morgan fingerprint density at radius 3 is 2.55 bits per heavy atom. The molecule has 0 unspecified atom stereocenters. The van der Waals surface area contributed by atoms with E-state index in [9.17, 15) is 13.2 Å². The third-order valence-corrected chi connectivity index (χ3v) is 6.52. The first-order valence-electron chi connectivity index (χ1n) is 9.80. The van der Waals surface area contributed by atoms with Crippen LogP contribution in [-0.2, 0) is 21.3 Å². The molecule has 0 aliphatic carbocycles. The Morgan fingerprint density at radius 2 is 1.90 bits per heavy atom. The number of fused-ring (bicyclic) bond motifs is 1. The number of benzene rings is 2. The molecule has 1 heterocycles. The van der Waals surface area contributed by atoms with Crippen molar-refractivity contribution in [1.82, 2.24) is 4.57 Å². The van der Waals surface area contributed by atoms with Gasteiger partial charge in [-0.3, -0.25) is 4.79 Å². The van der Waals surface area contributed by atoms with Gasteiger partial charge >= 0.3 is 0 Å². The number of methoxy groups -OCH3 is 1. The molecule has 0 saturated heterocycles. The number of thiazole rings is 1. The number of nitrogens with zero attached hydrogens (tertiary/aromatic N) is 2. The van der Waals surface area contributed by atoms with E-state index in [0.29, 0.717) is 40.6 Å². The van der Waals surface area contributed by atoms with Crippen molar-refractivity contribution < 1.29 is 22.7 Å². The summed E-state index contributed by atoms with van der Waals surface area (Å²) in [5.74, 6) is 0.307. The molecule has 0 spiro atoms. The Hall–Kier alpha value is -2.53. The van der Waals surface area contributed by atoms with Crippen LogP contribution in [0.3, 0.4) is 0 Å². The molecule has 2 aromatic carbocycles. The molecule has 1 aromatic heterocycles. The Balaban J connectivity index is 1.96. The predicted octanol–water partition coefficient (Wildman–Crippen LogP) is 2.92. The number of ether oxygens (including phenoxy) is 2. The highest BCUT2D eigenvalue weighted by Crippen LogP contribution is 2.21. The maximum absolute atomic E-state index is 12.8. The quantitative estimate of drug-likeness (QED) is 0.490. The molecule has 31 heavy (non-hydrogen) atoms. The molecule has 166 valence electrons. The van der Waals surface area contributed by atoms with Crippen LogP contribution >= 0.6 is 11.3 Å². The number of carbonyl (C=O) groups is 1. The lowest BCUT2D eigenvalue weighted by Gasteiger charge is -2.06. The Labute approximate surface area is 185 Å². The lowest BCUT2D eigenvalue weighted by molar-refractivity contribution is 0.0997. The third kappa shape index (κ3) is 5.79. The van der Waals surface area contributed by atoms with Crippen LogP contribution in [0.2, 0.25) is 0 Å². The highest BCUT2D eigenvalue weighted by molar-refractivity contribution is 7.89. The summed E-state index contributed by atoms with van der Waals surface area (Å²) in [6, 6.07) is 11.5. The van der Waals surface area contributed by atoms with Crippen molar-refractivity contribution in [3.8, 4) is 5.75 Å². The molecule has 8 nitrogen and oxygen atoms in total. The van der Waals surface area contributed by atoms with E-state index in [0.717, 1.165) is 18.4 Å². The Kier molecular flexibility index (Phi) is 7.60. The van der Waals surface area contributed by atoms with Crippen molar-refractivity contribution >= 4 is 37.5 Å². The van der Waals surface area contributed by atoms with Gasteiger partial charge in [0.15, 0.2) is 4.80 Å². The number of hydrogen-bond donors (Lipinski definition) is 1. The van der Waals surface area contributed by atoms with Crippen LogP contribution in [0.25, 0.3) is 10.2 Å². The van der Waals surface area contributed by atoms with E-state index in [1.54, 1.807) is 37.4 Å². The zero-order valence-electron chi connectivity index (χ0n) is 17.4. The number of sulfonamides is 1. The van der Waals surface area contributed by atoms with Gasteiger partial charge in [0.25, 0.3) is 5.91 Å². The van der Waals surface area contributed by atoms with Gasteiger partial charge in [0.1, 0.15) is 5.75 Å². The van der Waals surface area contributed by atoms with Crippen LogP contribution in [0.15, 0.2) is 52.4 Å². The van der Waals surface area contributed by atoms with Gasteiger partial charge in [-0.25, -0.2) is 13.6 Å². The van der Waals surface area contributed by atoms with Gasteiger partial charge in [-0.05, 0) is 48.9 Å². The number of amides is 1. The normalized spacial score (nSPS) is 12.4. The molecular formula is C21H25N3O5S2. The summed E-state index contributed by atoms with van der Waals surface area (Å²) < 4.78 is 36.6. The maximum atomic E-state index is 12.8. The van der Waals surface area contributed by atoms with E-state index >= 15 is 0 Å². The van der Waals surface area contributed by atoms with Crippen LogP contribution in [0.4, 0.5) is 0 Å². The molecule has 0 aliphatic heterocycles. The summed E-state index contributed by atoms with van der Waals surface area (Å²) in [5, 5.41) is 5.24. The topological polar surface area (TPSA) is 113 Å². The zero-order chi connectivity index (χ0) is 22.4. The molecule has 0 saturated carbocycles. The predicted molar refractivity (Wildman–Crippen MR) is 120 cm³/mol. The van der Waals surface area contributed by atoms with Crippen molar-refractivity contribution in [1.29, 1.82) is 0 Å². The summed E-state index contributed by atoms with van der Waals surface area (Å²) in [5.41, 5.74) is 1.18. The molecule has 1 amide bonds. The summed E-state index contributed by atoms with van der Waals surface area (Å²) in [4.78, 5) is 17.5. The fraction of sp³-hybridized carbons (Fsp3) is 0.333. The second-order valence-corrected chi connectivity index (χ2v) is 9.42. The first-order chi connectivity index (χ1) is 14.8. The van der Waals surface area contributed by atoms with Crippen LogP contribution in [0.1, 0.15) is 30.1 Å². The average Bonchev–Trinajstić information content (AvgIpc) is 3.08. The van der Waals surface area contributed by atoms with Gasteiger partial charge < -0.3 is 14.0 Å². The molecule has 0 fully saturated rings. The summed E-state index contributed by atoms with van der Waals surface area (Å²) in [6.45, 7) is 3.60. The van der Waals surface area contributed by atoms with Gasteiger partial charge in [-0.1, -0.05) is 24.7 Å². The van der Waals surface area contributed by atoms with E-state index in [1.165, 1.54) is 23.5 Å². The maximum Gasteiger partial charge on any atom is 0.279 e. The number of carbonyl (C=O) groups excluding carboxylic acids is 1. The lowest BCUT2D eigenvalue weighted by Crippen LogP contribution is -2.19. The molecule has 0 aliphatic rings. The molecule has 2 N–H and O–H groups in total. The molecule has 3 aromatic rings. The van der Waals surface area contributed by atoms with Gasteiger partial charge in [0, 0.05) is 19.2 Å². The fourth-order valence-electron chi connectivity index (χ4n) is 2.89. The number of rotatable bonds is 9. The fourth-order valence-corrected chi connectivity index (χ4v) is 4.60. The summed E-state index contributed by atoms with van der Waals surface area (Å²) in [7, 11) is -2.25. The van der Waals surface area contributed by atoms with Gasteiger partial charge in [-0.15, -0.1) is 0 Å². The van der Waals surface area contributed by atoms with E-state index < -0.39 is 15.9 Å². The smallest absolute Gasteiger partial charge is 0.279 e. The molecule has 0 radical (unpaired) electrons. The molecular weight excluding hydrogens is 438 g/mol. The number of aromatic nitrogens is 1. The van der Waals surface area contributed by atoms with Crippen molar-refractivity contribution in [2.24, 2.45) is 10.1 Å². The number of nitrogens with two attached hydrogens (primary N) is 1. The van der Waals surface area contributed by atoms with Crippen LogP contribution in [-0.4, -0.2) is 39.2 Å². The number of unbranched alkanes of at least 4 members (excludes halogenated alkanes) is 1. The van der Waals surface area contributed by atoms with E-state index in [4.69, 9.17) is 14.6 Å². The number of primary sulfonamides is 1. The minimum Gasteiger partial charge on any atom is -0.494 e. The summed E-state index contributed by atoms with van der Waals surface area (Å²) >= 11 is 1.22. The van der Waals surface area contributed by atoms with Crippen molar-refractivity contribution in [3.05, 3.63) is 52.8 Å². The van der Waals surface area contributed by atoms with Crippen LogP contribution in [0.5, 0.6) is 5.75 Å². The first-order valence-corrected chi connectivity index (χ1v) is 12.2. The molecule has 10 heteroatoms. The lowest BCUT2D eigenvalue weighted by atomic mass is 10.2. The standard InChI is InChI=1S/C21H25N3O5S2/c1-3-4-12-29-16-7-5-15(6-8-16)20(25)23-21-24(11-13-28-2)18-10-9-17(31(22,26)27)14-19(18)30-21/h5-10,14H,3-4,11-13H2,1-2H3,(H2,22,26,27). The minimum atomic E-state index is -3.83. The Bertz CT molecular complexity index is 1230. The molecule has 3 rings (SSSR count). The second-order valence-electron chi connectivity index (χ2n) is 6.85. The second kappa shape index (κ2) is 10.2. The summed E-state index contributed by atoms with van der Waals surface area (Å²) in [6.07, 6.45) is 2.02. The van der Waals surface area contributed by atoms with Gasteiger partial charge in [0.05, 0.1) is 28.3 Å². The van der Waals surface area contributed by atoms with Gasteiger partial charge in [0.2, 0.25) is 10.0 Å². The van der Waals surface area contributed by atoms with Gasteiger partial charge in [-0.2, -0.15) is 4.99 Å². The van der Waals surface area contributed by atoms with E-state index in [1.807, 2.05) is 4.57 Å². The SMILES string of the molecule is CCCCOc1ccc(C(=O)N=c2sc3cc(S(N)(=O)=O)ccc3n2CCOC)cc1. The molecule has 0 atom stereocenters. The Morgan fingerprint density at radius 1 is 1.16 bits per heavy atom. The van der Waals surface area contributed by atoms with E-state index in [-0.39, 0.29) is 4.90 Å². The highest BCUT2D eigenvalue weighted by Gasteiger charge is 2.14. The largest absolute Gasteiger partial charge is 0.494 e. The molecule has 0 bridgehead atoms. The number of hydrogen-bond acceptors (Lipinski definition) is 6. The van der Waals surface area contributed by atoms with Crippen molar-refractivity contribution in [2.45, 2.75) is 31.2 Å². The van der Waals surface area contributed by atoms with Crippen LogP contribution < -0.4 is 14.7 Å². The van der Waals surface area contributed by atoms with Crippen LogP contribution in [0, 0.1) is 0 Å². The van der Waals surface area contributed by atoms with Crippen molar-refractivity contribution in [3.63, 3.8) is 0 Å². The third-order valence-electron chi connectivity index (χ3n) is 4.57. The average molecular weight is 464 g/mol. The van der Waals surface area contributed by atoms with Crippen molar-refractivity contribution in [2.75, 3.05) is 20.3 Å². The highest BCUT2D eigenvalue weighted by atomic mass is 32.2. The minimum absolute atomic E-state index is 0.0108. The zero-order valence-corrected chi connectivity index (χ0v) is 19.0. The van der Waals surface area contributed by atoms with E-state index in [2.05, 4.69) is 11.9 Å².